The number of aliphatic imine (C=N–C) groups is 1. The number of nitrogens with zero attached hydrogens (tertiary/aromatic N) is 1. The number of thiol groups is 1. The van der Waals surface area contributed by atoms with Crippen molar-refractivity contribution in [3.05, 3.63) is 11.0 Å². The molecule has 82 valence electrons. The maximum absolute atomic E-state index is 5.90. The van der Waals surface area contributed by atoms with E-state index in [1.807, 2.05) is 34.0 Å². The van der Waals surface area contributed by atoms with Crippen LogP contribution in [-0.4, -0.2) is 32.1 Å². The number of hydrogen-bond donors (Lipinski definition) is 4. The Balaban J connectivity index is 4.63. The molecule has 0 radical (unpaired) electrons. The van der Waals surface area contributed by atoms with E-state index in [9.17, 15) is 0 Å². The molecule has 0 aromatic rings. The van der Waals surface area contributed by atoms with Gasteiger partial charge in [0.05, 0.1) is 6.17 Å². The van der Waals surface area contributed by atoms with Gasteiger partial charge in [0.15, 0.2) is 0 Å². The second kappa shape index (κ2) is 6.19. The van der Waals surface area contributed by atoms with Crippen LogP contribution >= 0.6 is 12.6 Å². The molecule has 1 atom stereocenters. The van der Waals surface area contributed by atoms with E-state index in [0.29, 0.717) is 0 Å². The van der Waals surface area contributed by atoms with Crippen LogP contribution in [0.5, 0.6) is 0 Å². The predicted octanol–water partition coefficient (Wildman–Crippen LogP) is 0.331. The zero-order valence-corrected chi connectivity index (χ0v) is 10.1. The van der Waals surface area contributed by atoms with Crippen LogP contribution in [0.2, 0.25) is 0 Å². The number of nitrogens with two attached hydrogens (primary N) is 1. The molecule has 0 rings (SSSR count). The van der Waals surface area contributed by atoms with Gasteiger partial charge in [-0.1, -0.05) is 0 Å². The molecule has 0 spiro atoms. The monoisotopic (exact) mass is 216 g/mol. The summed E-state index contributed by atoms with van der Waals surface area (Å²) in [4.78, 5) is 4.94. The summed E-state index contributed by atoms with van der Waals surface area (Å²) in [6.07, 6.45) is 3.51. The van der Waals surface area contributed by atoms with Gasteiger partial charge in [-0.15, -0.1) is 12.6 Å². The first-order valence-corrected chi connectivity index (χ1v) is 4.96. The molecule has 1 unspecified atom stereocenters. The van der Waals surface area contributed by atoms with E-state index in [-0.39, 0.29) is 6.17 Å². The molecule has 0 saturated heterocycles. The zero-order valence-electron chi connectivity index (χ0n) is 9.20. The third-order valence-corrected chi connectivity index (χ3v) is 2.11. The van der Waals surface area contributed by atoms with Crippen molar-refractivity contribution in [1.82, 2.24) is 10.6 Å². The third kappa shape index (κ3) is 4.76. The highest BCUT2D eigenvalue weighted by Crippen LogP contribution is 2.12. The fraction of sp³-hybridized carbons (Fsp3) is 0.667. The first-order chi connectivity index (χ1) is 6.46. The Morgan fingerprint density at radius 2 is 2.00 bits per heavy atom. The minimum absolute atomic E-state index is 0.00765. The maximum atomic E-state index is 5.90. The molecule has 14 heavy (non-hydrogen) atoms. The lowest BCUT2D eigenvalue weighted by atomic mass is 10.2. The lowest BCUT2D eigenvalue weighted by molar-refractivity contribution is 0.562. The fourth-order valence-corrected chi connectivity index (χ4v) is 1.66. The molecule has 0 aromatic carbocycles. The van der Waals surface area contributed by atoms with Gasteiger partial charge < -0.3 is 16.4 Å². The van der Waals surface area contributed by atoms with Gasteiger partial charge in [0.2, 0.25) is 0 Å². The number of likely N-dealkylation sites (N-methyl/N-ethyl adjacent to an activating group) is 2. The van der Waals surface area contributed by atoms with Crippen LogP contribution < -0.4 is 16.4 Å². The highest BCUT2D eigenvalue weighted by Gasteiger charge is 2.15. The van der Waals surface area contributed by atoms with Crippen molar-refractivity contribution in [2.24, 2.45) is 10.7 Å². The normalized spacial score (nSPS) is 17.8. The SMILES string of the molecule is CC=NC(C)(N)/C=C(\S)C(NC)NC. The standard InChI is InChI=1S/C9H20N4S/c1-5-13-9(2,10)6-7(14)8(11-3)12-4/h5-6,8,11-12,14H,10H2,1-4H3/b7-6-,13-5?. The highest BCUT2D eigenvalue weighted by molar-refractivity contribution is 7.84. The molecule has 0 amide bonds. The summed E-state index contributed by atoms with van der Waals surface area (Å²) in [6, 6.07) is 0. The second-order valence-corrected chi connectivity index (χ2v) is 3.71. The first kappa shape index (κ1) is 13.6. The lowest BCUT2D eigenvalue weighted by Crippen LogP contribution is -2.40. The Morgan fingerprint density at radius 3 is 2.36 bits per heavy atom. The van der Waals surface area contributed by atoms with Gasteiger partial charge >= 0.3 is 0 Å². The highest BCUT2D eigenvalue weighted by atomic mass is 32.1. The van der Waals surface area contributed by atoms with Gasteiger partial charge in [-0.05, 0) is 40.2 Å². The minimum atomic E-state index is -0.697. The van der Waals surface area contributed by atoms with Crippen LogP contribution in [0.25, 0.3) is 0 Å². The Morgan fingerprint density at radius 1 is 1.50 bits per heavy atom. The van der Waals surface area contributed by atoms with Gasteiger partial charge in [0.25, 0.3) is 0 Å². The van der Waals surface area contributed by atoms with Crippen LogP contribution in [-0.2, 0) is 0 Å². The number of rotatable bonds is 5. The third-order valence-electron chi connectivity index (χ3n) is 1.72. The molecular weight excluding hydrogens is 196 g/mol. The Hall–Kier alpha value is -0.360. The second-order valence-electron chi connectivity index (χ2n) is 3.19. The zero-order chi connectivity index (χ0) is 11.2. The van der Waals surface area contributed by atoms with Crippen molar-refractivity contribution in [2.45, 2.75) is 25.7 Å². The molecule has 0 fully saturated rings. The van der Waals surface area contributed by atoms with Crippen LogP contribution in [0.4, 0.5) is 0 Å². The lowest BCUT2D eigenvalue weighted by Gasteiger charge is -2.20. The average Bonchev–Trinajstić information content (AvgIpc) is 2.04. The summed E-state index contributed by atoms with van der Waals surface area (Å²) in [5.41, 5.74) is 5.20. The molecule has 0 aromatic heterocycles. The van der Waals surface area contributed by atoms with E-state index in [1.54, 1.807) is 6.21 Å². The summed E-state index contributed by atoms with van der Waals surface area (Å²) >= 11 is 4.35. The smallest absolute Gasteiger partial charge is 0.124 e. The van der Waals surface area contributed by atoms with E-state index >= 15 is 0 Å². The molecule has 0 aliphatic carbocycles. The summed E-state index contributed by atoms with van der Waals surface area (Å²) in [6.45, 7) is 3.66. The van der Waals surface area contributed by atoms with E-state index in [2.05, 4.69) is 28.3 Å². The summed E-state index contributed by atoms with van der Waals surface area (Å²) in [5, 5.41) is 6.11. The van der Waals surface area contributed by atoms with E-state index in [1.165, 1.54) is 0 Å². The van der Waals surface area contributed by atoms with Crippen molar-refractivity contribution in [2.75, 3.05) is 14.1 Å². The fourth-order valence-electron chi connectivity index (χ4n) is 1.14. The largest absolute Gasteiger partial charge is 0.304 e. The van der Waals surface area contributed by atoms with Crippen LogP contribution in [0.3, 0.4) is 0 Å². The molecule has 4 nitrogen and oxygen atoms in total. The van der Waals surface area contributed by atoms with E-state index < -0.39 is 5.66 Å². The molecule has 0 saturated carbocycles. The van der Waals surface area contributed by atoms with E-state index in [0.717, 1.165) is 4.91 Å². The molecule has 0 aliphatic rings. The number of hydrogen-bond acceptors (Lipinski definition) is 5. The van der Waals surface area contributed by atoms with Gasteiger partial charge in [0, 0.05) is 4.91 Å². The van der Waals surface area contributed by atoms with Gasteiger partial charge in [0.1, 0.15) is 5.66 Å². The average molecular weight is 216 g/mol. The Bertz CT molecular complexity index is 219. The van der Waals surface area contributed by atoms with Crippen molar-refractivity contribution in [1.29, 1.82) is 0 Å². The van der Waals surface area contributed by atoms with Crippen molar-refractivity contribution in [3.8, 4) is 0 Å². The molecule has 4 N–H and O–H groups in total. The molecule has 0 heterocycles. The van der Waals surface area contributed by atoms with Crippen LogP contribution in [0, 0.1) is 0 Å². The molecule has 0 bridgehead atoms. The summed E-state index contributed by atoms with van der Waals surface area (Å²) < 4.78 is 0. The van der Waals surface area contributed by atoms with Gasteiger partial charge in [-0.3, -0.25) is 4.99 Å². The van der Waals surface area contributed by atoms with E-state index in [4.69, 9.17) is 5.73 Å². The van der Waals surface area contributed by atoms with Crippen LogP contribution in [0.15, 0.2) is 16.0 Å². The topological polar surface area (TPSA) is 62.4 Å². The van der Waals surface area contributed by atoms with Gasteiger partial charge in [-0.25, -0.2) is 0 Å². The minimum Gasteiger partial charge on any atom is -0.304 e. The molecule has 0 aliphatic heterocycles. The van der Waals surface area contributed by atoms with Crippen LogP contribution in [0.1, 0.15) is 13.8 Å². The quantitative estimate of drug-likeness (QED) is 0.304. The summed E-state index contributed by atoms with van der Waals surface area (Å²) in [5.74, 6) is 0. The van der Waals surface area contributed by atoms with Crippen molar-refractivity contribution >= 4 is 18.8 Å². The van der Waals surface area contributed by atoms with Crippen molar-refractivity contribution in [3.63, 3.8) is 0 Å². The Kier molecular flexibility index (Phi) is 6.03. The predicted molar refractivity (Wildman–Crippen MR) is 65.7 cm³/mol. The number of nitrogens with one attached hydrogen (secondary N) is 2. The first-order valence-electron chi connectivity index (χ1n) is 4.51. The maximum Gasteiger partial charge on any atom is 0.124 e. The van der Waals surface area contributed by atoms with Crippen molar-refractivity contribution < 1.29 is 0 Å². The molecular formula is C9H20N4S. The summed E-state index contributed by atoms with van der Waals surface area (Å²) in [7, 11) is 3.70. The van der Waals surface area contributed by atoms with Gasteiger partial charge in [-0.2, -0.15) is 0 Å². The molecule has 5 heteroatoms. The Labute approximate surface area is 91.5 Å².